The normalized spacial score (nSPS) is 14.2. The number of amides is 2. The number of para-hydroxylation sites is 1. The molecule has 0 unspecified atom stereocenters. The quantitative estimate of drug-likeness (QED) is 0.219. The van der Waals surface area contributed by atoms with E-state index in [0.717, 1.165) is 11.1 Å². The molecule has 1 aliphatic heterocycles. The van der Waals surface area contributed by atoms with Gasteiger partial charge in [0, 0.05) is 6.07 Å². The SMILES string of the molecule is O=C1NN(c2ccccc2)C(=O)C1=Cc1cc(Cl)c(OCc2cccc(C(=O)O)c2)c([N+](=O)[O-])c1. The summed E-state index contributed by atoms with van der Waals surface area (Å²) in [6.45, 7) is -0.172. The molecule has 0 bridgehead atoms. The Bertz CT molecular complexity index is 1390. The Kier molecular flexibility index (Phi) is 6.47. The van der Waals surface area contributed by atoms with E-state index in [1.807, 2.05) is 0 Å². The molecule has 11 heteroatoms. The van der Waals surface area contributed by atoms with E-state index >= 15 is 0 Å². The number of ether oxygens (including phenoxy) is 1. The van der Waals surface area contributed by atoms with E-state index in [1.165, 1.54) is 30.3 Å². The van der Waals surface area contributed by atoms with Gasteiger partial charge in [0.1, 0.15) is 12.2 Å². The molecule has 3 aromatic rings. The molecule has 1 aliphatic rings. The van der Waals surface area contributed by atoms with E-state index in [9.17, 15) is 24.5 Å². The average molecular weight is 494 g/mol. The number of hydrogen-bond donors (Lipinski definition) is 2. The zero-order chi connectivity index (χ0) is 25.1. The van der Waals surface area contributed by atoms with E-state index in [0.29, 0.717) is 11.3 Å². The fourth-order valence-corrected chi connectivity index (χ4v) is 3.67. The molecule has 0 aromatic heterocycles. The molecule has 4 rings (SSSR count). The molecule has 176 valence electrons. The van der Waals surface area contributed by atoms with Crippen LogP contribution in [0, 0.1) is 10.1 Å². The van der Waals surface area contributed by atoms with Gasteiger partial charge < -0.3 is 9.84 Å². The van der Waals surface area contributed by atoms with Crippen LogP contribution < -0.4 is 15.2 Å². The lowest BCUT2D eigenvalue weighted by Gasteiger charge is -2.13. The molecule has 2 amide bonds. The van der Waals surface area contributed by atoms with Crippen LogP contribution in [0.15, 0.2) is 72.3 Å². The van der Waals surface area contributed by atoms with Crippen molar-refractivity contribution in [3.05, 3.63) is 104 Å². The van der Waals surface area contributed by atoms with E-state index in [4.69, 9.17) is 21.4 Å². The fourth-order valence-electron chi connectivity index (χ4n) is 3.39. The second kappa shape index (κ2) is 9.65. The second-order valence-corrected chi connectivity index (χ2v) is 7.78. The van der Waals surface area contributed by atoms with Crippen LogP contribution in [-0.2, 0) is 16.2 Å². The Balaban J connectivity index is 1.62. The number of anilines is 1. The third-order valence-corrected chi connectivity index (χ3v) is 5.30. The number of rotatable bonds is 7. The van der Waals surface area contributed by atoms with Gasteiger partial charge in [-0.15, -0.1) is 0 Å². The molecule has 1 fully saturated rings. The molecule has 10 nitrogen and oxygen atoms in total. The Labute approximate surface area is 203 Å². The fraction of sp³-hybridized carbons (Fsp3) is 0.0417. The van der Waals surface area contributed by atoms with Crippen molar-refractivity contribution in [1.82, 2.24) is 5.43 Å². The number of nitro benzene ring substituents is 1. The summed E-state index contributed by atoms with van der Waals surface area (Å²) in [7, 11) is 0. The number of carbonyl (C=O) groups is 3. The summed E-state index contributed by atoms with van der Waals surface area (Å²) in [5, 5.41) is 21.8. The minimum atomic E-state index is -1.12. The van der Waals surface area contributed by atoms with Crippen LogP contribution in [0.3, 0.4) is 0 Å². The topological polar surface area (TPSA) is 139 Å². The van der Waals surface area contributed by atoms with Gasteiger partial charge in [-0.3, -0.25) is 25.1 Å². The number of nitro groups is 1. The first-order valence-corrected chi connectivity index (χ1v) is 10.5. The largest absolute Gasteiger partial charge is 0.481 e. The van der Waals surface area contributed by atoms with Crippen molar-refractivity contribution >= 4 is 46.8 Å². The maximum Gasteiger partial charge on any atom is 0.335 e. The standard InChI is InChI=1S/C24H16ClN3O7/c25-19-11-15(10-18-22(29)26-27(23(18)30)17-7-2-1-3-8-17)12-20(28(33)34)21(19)35-13-14-5-4-6-16(9-14)24(31)32/h1-12H,13H2,(H,26,29)(H,31,32). The predicted octanol–water partition coefficient (Wildman–Crippen LogP) is 3.99. The van der Waals surface area contributed by atoms with Crippen LogP contribution in [0.4, 0.5) is 11.4 Å². The summed E-state index contributed by atoms with van der Waals surface area (Å²) in [5.41, 5.74) is 2.85. The number of carboxylic acid groups (broad SMARTS) is 1. The minimum absolute atomic E-state index is 0.0396. The van der Waals surface area contributed by atoms with Gasteiger partial charge in [0.05, 0.1) is 21.2 Å². The van der Waals surface area contributed by atoms with Gasteiger partial charge in [-0.1, -0.05) is 41.9 Å². The second-order valence-electron chi connectivity index (χ2n) is 7.38. The number of benzene rings is 3. The molecule has 2 N–H and O–H groups in total. The van der Waals surface area contributed by atoms with Crippen molar-refractivity contribution in [3.8, 4) is 5.75 Å². The number of nitrogens with zero attached hydrogens (tertiary/aromatic N) is 2. The van der Waals surface area contributed by atoms with Crippen molar-refractivity contribution in [1.29, 1.82) is 0 Å². The van der Waals surface area contributed by atoms with Crippen LogP contribution in [0.2, 0.25) is 5.02 Å². The van der Waals surface area contributed by atoms with E-state index in [1.54, 1.807) is 36.4 Å². The molecular weight excluding hydrogens is 478 g/mol. The Morgan fingerprint density at radius 3 is 2.54 bits per heavy atom. The van der Waals surface area contributed by atoms with Crippen molar-refractivity contribution in [2.45, 2.75) is 6.61 Å². The summed E-state index contributed by atoms with van der Waals surface area (Å²) in [6, 6.07) is 16.8. The Hall–Kier alpha value is -4.70. The van der Waals surface area contributed by atoms with Crippen molar-refractivity contribution in [3.63, 3.8) is 0 Å². The van der Waals surface area contributed by atoms with Crippen LogP contribution in [0.1, 0.15) is 21.5 Å². The molecule has 0 aliphatic carbocycles. The average Bonchev–Trinajstić information content (AvgIpc) is 3.12. The van der Waals surface area contributed by atoms with Gasteiger partial charge in [0.25, 0.3) is 11.8 Å². The molecule has 3 aromatic carbocycles. The molecule has 0 atom stereocenters. The van der Waals surface area contributed by atoms with E-state index < -0.39 is 28.4 Å². The van der Waals surface area contributed by atoms with Gasteiger partial charge in [0.2, 0.25) is 5.75 Å². The van der Waals surface area contributed by atoms with Crippen LogP contribution in [0.25, 0.3) is 6.08 Å². The maximum atomic E-state index is 12.8. The van der Waals surface area contributed by atoms with Gasteiger partial charge >= 0.3 is 11.7 Å². The smallest absolute Gasteiger partial charge is 0.335 e. The molecule has 1 heterocycles. The van der Waals surface area contributed by atoms with Gasteiger partial charge in [0.15, 0.2) is 0 Å². The Morgan fingerprint density at radius 2 is 1.86 bits per heavy atom. The molecule has 0 radical (unpaired) electrons. The highest BCUT2D eigenvalue weighted by Crippen LogP contribution is 2.37. The van der Waals surface area contributed by atoms with Crippen molar-refractivity contribution in [2.75, 3.05) is 5.01 Å². The molecule has 0 spiro atoms. The minimum Gasteiger partial charge on any atom is -0.481 e. The van der Waals surface area contributed by atoms with Crippen LogP contribution in [0.5, 0.6) is 5.75 Å². The van der Waals surface area contributed by atoms with Crippen LogP contribution >= 0.6 is 11.6 Å². The number of halogens is 1. The monoisotopic (exact) mass is 493 g/mol. The summed E-state index contributed by atoms with van der Waals surface area (Å²) in [6.07, 6.45) is 1.21. The molecule has 35 heavy (non-hydrogen) atoms. The van der Waals surface area contributed by atoms with E-state index in [2.05, 4.69) is 5.43 Å². The first-order chi connectivity index (χ1) is 16.7. The Morgan fingerprint density at radius 1 is 1.11 bits per heavy atom. The zero-order valence-electron chi connectivity index (χ0n) is 17.8. The van der Waals surface area contributed by atoms with Crippen LogP contribution in [-0.4, -0.2) is 27.8 Å². The molecule has 0 saturated carbocycles. The lowest BCUT2D eigenvalue weighted by atomic mass is 10.1. The third kappa shape index (κ3) is 4.97. The first kappa shape index (κ1) is 23.5. The van der Waals surface area contributed by atoms with Crippen molar-refractivity contribution < 1.29 is 29.2 Å². The van der Waals surface area contributed by atoms with Gasteiger partial charge in [-0.05, 0) is 47.5 Å². The predicted molar refractivity (Wildman–Crippen MR) is 126 cm³/mol. The number of carboxylic acids is 1. The zero-order valence-corrected chi connectivity index (χ0v) is 18.6. The first-order valence-electron chi connectivity index (χ1n) is 10.1. The maximum absolute atomic E-state index is 12.8. The third-order valence-electron chi connectivity index (χ3n) is 5.02. The highest BCUT2D eigenvalue weighted by Gasteiger charge is 2.34. The number of nitrogens with one attached hydrogen (secondary N) is 1. The summed E-state index contributed by atoms with van der Waals surface area (Å²) >= 11 is 6.26. The summed E-state index contributed by atoms with van der Waals surface area (Å²) in [5.74, 6) is -2.65. The molecular formula is C24H16ClN3O7. The van der Waals surface area contributed by atoms with Gasteiger partial charge in [-0.2, -0.15) is 0 Å². The van der Waals surface area contributed by atoms with E-state index in [-0.39, 0.29) is 34.1 Å². The molecule has 1 saturated heterocycles. The number of hydrogen-bond acceptors (Lipinski definition) is 6. The highest BCUT2D eigenvalue weighted by atomic mass is 35.5. The number of hydrazine groups is 1. The summed E-state index contributed by atoms with van der Waals surface area (Å²) in [4.78, 5) is 47.3. The van der Waals surface area contributed by atoms with Crippen molar-refractivity contribution in [2.24, 2.45) is 0 Å². The lowest BCUT2D eigenvalue weighted by molar-refractivity contribution is -0.385. The lowest BCUT2D eigenvalue weighted by Crippen LogP contribution is -2.35. The van der Waals surface area contributed by atoms with Gasteiger partial charge in [-0.25, -0.2) is 9.80 Å². The summed E-state index contributed by atoms with van der Waals surface area (Å²) < 4.78 is 5.55. The highest BCUT2D eigenvalue weighted by molar-refractivity contribution is 6.33. The number of carbonyl (C=O) groups excluding carboxylic acids is 2. The number of aromatic carboxylic acids is 1.